The van der Waals surface area contributed by atoms with Crippen molar-refractivity contribution in [1.82, 2.24) is 5.32 Å². The van der Waals surface area contributed by atoms with Crippen LogP contribution in [0.3, 0.4) is 0 Å². The third kappa shape index (κ3) is 6.09. The van der Waals surface area contributed by atoms with Crippen molar-refractivity contribution >= 4 is 0 Å². The van der Waals surface area contributed by atoms with Crippen LogP contribution >= 0.6 is 0 Å². The number of hydrogen-bond acceptors (Lipinski definition) is 2. The highest BCUT2D eigenvalue weighted by Crippen LogP contribution is 2.36. The largest absolute Gasteiger partial charge is 0.487 e. The van der Waals surface area contributed by atoms with E-state index in [-0.39, 0.29) is 11.0 Å². The molecule has 120 valence electrons. The maximum Gasteiger partial charge on any atom is 0.120 e. The van der Waals surface area contributed by atoms with Crippen LogP contribution < -0.4 is 10.1 Å². The molecule has 0 spiro atoms. The maximum absolute atomic E-state index is 6.05. The van der Waals surface area contributed by atoms with Crippen molar-refractivity contribution in [3.05, 3.63) is 29.8 Å². The van der Waals surface area contributed by atoms with Crippen molar-refractivity contribution in [3.63, 3.8) is 0 Å². The third-order valence-electron chi connectivity index (χ3n) is 3.60. The smallest absolute Gasteiger partial charge is 0.120 e. The van der Waals surface area contributed by atoms with E-state index in [1.165, 1.54) is 5.56 Å². The SMILES string of the molecule is CNCC(C)(C)Oc1ccc(C(C)(C)CC(C)(C)C)cc1. The summed E-state index contributed by atoms with van der Waals surface area (Å²) in [7, 11) is 1.95. The van der Waals surface area contributed by atoms with Gasteiger partial charge in [-0.2, -0.15) is 0 Å². The first-order chi connectivity index (χ1) is 9.45. The van der Waals surface area contributed by atoms with E-state index >= 15 is 0 Å². The van der Waals surface area contributed by atoms with E-state index in [1.54, 1.807) is 0 Å². The molecule has 0 aliphatic carbocycles. The Labute approximate surface area is 131 Å². The number of benzene rings is 1. The van der Waals surface area contributed by atoms with Crippen molar-refractivity contribution in [2.75, 3.05) is 13.6 Å². The Hall–Kier alpha value is -1.02. The second kappa shape index (κ2) is 6.39. The zero-order chi connectivity index (χ0) is 16.3. The summed E-state index contributed by atoms with van der Waals surface area (Å²) in [5, 5.41) is 3.16. The summed E-state index contributed by atoms with van der Waals surface area (Å²) in [6.45, 7) is 16.6. The standard InChI is InChI=1S/C19H33NO/c1-17(2,3)13-18(4,5)15-9-11-16(12-10-15)21-19(6,7)14-20-8/h9-12,20H,13-14H2,1-8H3. The van der Waals surface area contributed by atoms with Crippen LogP contribution in [-0.4, -0.2) is 19.2 Å². The fourth-order valence-corrected chi connectivity index (χ4v) is 3.18. The summed E-state index contributed by atoms with van der Waals surface area (Å²) in [5.74, 6) is 0.936. The minimum atomic E-state index is -0.197. The fourth-order valence-electron chi connectivity index (χ4n) is 3.18. The van der Waals surface area contributed by atoms with Crippen molar-refractivity contribution < 1.29 is 4.74 Å². The third-order valence-corrected chi connectivity index (χ3v) is 3.60. The number of rotatable bonds is 6. The topological polar surface area (TPSA) is 21.3 Å². The Morgan fingerprint density at radius 3 is 1.86 bits per heavy atom. The summed E-state index contributed by atoms with van der Waals surface area (Å²) in [4.78, 5) is 0. The van der Waals surface area contributed by atoms with Gasteiger partial charge in [0.1, 0.15) is 11.4 Å². The molecule has 1 aromatic rings. The molecule has 0 aliphatic heterocycles. The van der Waals surface area contributed by atoms with Gasteiger partial charge >= 0.3 is 0 Å². The fraction of sp³-hybridized carbons (Fsp3) is 0.684. The molecule has 0 saturated carbocycles. The normalized spacial score (nSPS) is 13.3. The van der Waals surface area contributed by atoms with Gasteiger partial charge in [-0.05, 0) is 55.8 Å². The van der Waals surface area contributed by atoms with Gasteiger partial charge in [-0.1, -0.05) is 46.8 Å². The van der Waals surface area contributed by atoms with Crippen LogP contribution in [0, 0.1) is 5.41 Å². The van der Waals surface area contributed by atoms with Gasteiger partial charge in [0.25, 0.3) is 0 Å². The Balaban J connectivity index is 2.83. The molecule has 2 nitrogen and oxygen atoms in total. The Morgan fingerprint density at radius 1 is 0.905 bits per heavy atom. The van der Waals surface area contributed by atoms with Gasteiger partial charge < -0.3 is 10.1 Å². The highest BCUT2D eigenvalue weighted by molar-refractivity contribution is 5.32. The van der Waals surface area contributed by atoms with Gasteiger partial charge in [-0.25, -0.2) is 0 Å². The molecule has 0 amide bonds. The van der Waals surface area contributed by atoms with Crippen LogP contribution in [0.25, 0.3) is 0 Å². The van der Waals surface area contributed by atoms with Gasteiger partial charge in [0.2, 0.25) is 0 Å². The average Bonchev–Trinajstić information content (AvgIpc) is 2.25. The molecular weight excluding hydrogens is 258 g/mol. The first-order valence-corrected chi connectivity index (χ1v) is 7.89. The quantitative estimate of drug-likeness (QED) is 0.814. The molecule has 0 saturated heterocycles. The molecule has 0 radical (unpaired) electrons. The summed E-state index contributed by atoms with van der Waals surface area (Å²) < 4.78 is 6.05. The molecule has 1 rings (SSSR count). The molecule has 0 atom stereocenters. The van der Waals surface area contributed by atoms with Crippen molar-refractivity contribution in [1.29, 1.82) is 0 Å². The van der Waals surface area contributed by atoms with Gasteiger partial charge in [0, 0.05) is 6.54 Å². The highest BCUT2D eigenvalue weighted by Gasteiger charge is 2.27. The van der Waals surface area contributed by atoms with E-state index in [9.17, 15) is 0 Å². The lowest BCUT2D eigenvalue weighted by Gasteiger charge is -2.33. The average molecular weight is 291 g/mol. The lowest BCUT2D eigenvalue weighted by atomic mass is 9.72. The lowest BCUT2D eigenvalue weighted by Crippen LogP contribution is -2.38. The van der Waals surface area contributed by atoms with Gasteiger partial charge in [0.15, 0.2) is 0 Å². The van der Waals surface area contributed by atoms with Crippen LogP contribution in [0.1, 0.15) is 60.5 Å². The van der Waals surface area contributed by atoms with Gasteiger partial charge in [-0.3, -0.25) is 0 Å². The van der Waals surface area contributed by atoms with Gasteiger partial charge in [0.05, 0.1) is 0 Å². The van der Waals surface area contributed by atoms with Crippen molar-refractivity contribution in [2.45, 2.75) is 65.9 Å². The van der Waals surface area contributed by atoms with E-state index in [0.717, 1.165) is 18.7 Å². The zero-order valence-corrected chi connectivity index (χ0v) is 15.1. The Kier molecular flexibility index (Phi) is 5.49. The van der Waals surface area contributed by atoms with E-state index in [1.807, 2.05) is 7.05 Å². The monoisotopic (exact) mass is 291 g/mol. The first-order valence-electron chi connectivity index (χ1n) is 7.89. The molecule has 1 aromatic carbocycles. The van der Waals surface area contributed by atoms with E-state index < -0.39 is 0 Å². The van der Waals surface area contributed by atoms with Crippen LogP contribution in [-0.2, 0) is 5.41 Å². The predicted octanol–water partition coefficient (Wildman–Crippen LogP) is 4.78. The molecule has 21 heavy (non-hydrogen) atoms. The molecule has 0 fully saturated rings. The maximum atomic E-state index is 6.05. The second-order valence-corrected chi connectivity index (χ2v) is 8.54. The van der Waals surface area contributed by atoms with Crippen LogP contribution in [0.5, 0.6) is 5.75 Å². The lowest BCUT2D eigenvalue weighted by molar-refractivity contribution is 0.110. The number of hydrogen-bond donors (Lipinski definition) is 1. The van der Waals surface area contributed by atoms with Crippen LogP contribution in [0.15, 0.2) is 24.3 Å². The van der Waals surface area contributed by atoms with E-state index in [2.05, 4.69) is 78.0 Å². The van der Waals surface area contributed by atoms with Gasteiger partial charge in [-0.15, -0.1) is 0 Å². The zero-order valence-electron chi connectivity index (χ0n) is 15.1. The van der Waals surface area contributed by atoms with E-state index in [0.29, 0.717) is 5.41 Å². The molecule has 0 unspecified atom stereocenters. The molecule has 0 aromatic heterocycles. The molecule has 1 N–H and O–H groups in total. The summed E-state index contributed by atoms with van der Waals surface area (Å²) in [6, 6.07) is 8.60. The first kappa shape index (κ1) is 18.0. The summed E-state index contributed by atoms with van der Waals surface area (Å²) in [6.07, 6.45) is 1.16. The van der Waals surface area contributed by atoms with Crippen molar-refractivity contribution in [3.8, 4) is 5.75 Å². The van der Waals surface area contributed by atoms with Crippen molar-refractivity contribution in [2.24, 2.45) is 5.41 Å². The van der Waals surface area contributed by atoms with Crippen LogP contribution in [0.2, 0.25) is 0 Å². The van der Waals surface area contributed by atoms with E-state index in [4.69, 9.17) is 4.74 Å². The molecule has 0 heterocycles. The number of ether oxygens (including phenoxy) is 1. The second-order valence-electron chi connectivity index (χ2n) is 8.54. The summed E-state index contributed by atoms with van der Waals surface area (Å²) >= 11 is 0. The summed E-state index contributed by atoms with van der Waals surface area (Å²) in [5.41, 5.74) is 1.68. The minimum Gasteiger partial charge on any atom is -0.487 e. The Morgan fingerprint density at radius 2 is 1.43 bits per heavy atom. The number of nitrogens with one attached hydrogen (secondary N) is 1. The predicted molar refractivity (Wildman–Crippen MR) is 92.2 cm³/mol. The molecule has 0 bridgehead atoms. The minimum absolute atomic E-state index is 0.178. The molecule has 2 heteroatoms. The Bertz CT molecular complexity index is 438. The number of likely N-dealkylation sites (N-methyl/N-ethyl adjacent to an activating group) is 1. The van der Waals surface area contributed by atoms with Crippen LogP contribution in [0.4, 0.5) is 0 Å². The highest BCUT2D eigenvalue weighted by atomic mass is 16.5. The molecule has 0 aliphatic rings. The molecular formula is C19H33NO.